The topological polar surface area (TPSA) is 77.6 Å². The Kier molecular flexibility index (Phi) is 3.55. The molecule has 21 heavy (non-hydrogen) atoms. The molecule has 0 atom stereocenters. The molecule has 112 valence electrons. The lowest BCUT2D eigenvalue weighted by atomic mass is 10.0. The highest BCUT2D eigenvalue weighted by molar-refractivity contribution is 5.66. The third kappa shape index (κ3) is 2.25. The number of hydrogen-bond donors (Lipinski definition) is 1. The summed E-state index contributed by atoms with van der Waals surface area (Å²) >= 11 is 0. The molecular formula is C15H18N2O4. The van der Waals surface area contributed by atoms with Gasteiger partial charge in [0.25, 0.3) is 5.89 Å². The third-order valence-corrected chi connectivity index (χ3v) is 4.08. The average Bonchev–Trinajstić information content (AvgIpc) is 3.17. The number of ether oxygens (including phenoxy) is 2. The molecular weight excluding hydrogens is 272 g/mol. The van der Waals surface area contributed by atoms with Crippen LogP contribution in [0, 0.1) is 0 Å². The van der Waals surface area contributed by atoms with Crippen molar-refractivity contribution in [2.45, 2.75) is 31.3 Å². The summed E-state index contributed by atoms with van der Waals surface area (Å²) in [4.78, 5) is 4.42. The molecule has 6 nitrogen and oxygen atoms in total. The molecule has 1 aliphatic rings. The summed E-state index contributed by atoms with van der Waals surface area (Å²) in [6.45, 7) is 0. The molecule has 0 saturated heterocycles. The highest BCUT2D eigenvalue weighted by Crippen LogP contribution is 2.42. The summed E-state index contributed by atoms with van der Waals surface area (Å²) in [6.07, 6.45) is 3.93. The van der Waals surface area contributed by atoms with Crippen molar-refractivity contribution in [3.63, 3.8) is 0 Å². The number of aromatic hydroxyl groups is 1. The van der Waals surface area contributed by atoms with Crippen LogP contribution in [0.3, 0.4) is 0 Å². The monoisotopic (exact) mass is 290 g/mol. The van der Waals surface area contributed by atoms with E-state index in [4.69, 9.17) is 14.0 Å². The predicted molar refractivity (Wildman–Crippen MR) is 75.1 cm³/mol. The van der Waals surface area contributed by atoms with Crippen LogP contribution >= 0.6 is 0 Å². The second-order valence-corrected chi connectivity index (χ2v) is 5.19. The van der Waals surface area contributed by atoms with Crippen molar-refractivity contribution in [3.8, 4) is 23.0 Å². The number of benzene rings is 1. The predicted octanol–water partition coefficient (Wildman–Crippen LogP) is 2.87. The smallest absolute Gasteiger partial charge is 0.261 e. The number of nitrogens with zero attached hydrogens (tertiary/aromatic N) is 2. The van der Waals surface area contributed by atoms with Crippen molar-refractivity contribution >= 4 is 0 Å². The van der Waals surface area contributed by atoms with Gasteiger partial charge < -0.3 is 19.1 Å². The molecule has 0 spiro atoms. The Balaban J connectivity index is 1.99. The third-order valence-electron chi connectivity index (χ3n) is 4.08. The Morgan fingerprint density at radius 3 is 2.67 bits per heavy atom. The lowest BCUT2D eigenvalue weighted by Crippen LogP contribution is -2.25. The van der Waals surface area contributed by atoms with Gasteiger partial charge in [0.15, 0.2) is 11.5 Å². The van der Waals surface area contributed by atoms with E-state index in [-0.39, 0.29) is 11.6 Å². The number of methoxy groups -OCH3 is 2. The molecule has 2 aromatic rings. The lowest BCUT2D eigenvalue weighted by molar-refractivity contribution is -0.0178. The number of phenols is 1. The van der Waals surface area contributed by atoms with Gasteiger partial charge in [-0.3, -0.25) is 0 Å². The molecule has 0 amide bonds. The minimum absolute atomic E-state index is 0.00640. The Bertz CT molecular complexity index is 632. The molecule has 0 aliphatic heterocycles. The van der Waals surface area contributed by atoms with Crippen molar-refractivity contribution < 1.29 is 19.1 Å². The van der Waals surface area contributed by atoms with E-state index in [1.807, 2.05) is 0 Å². The van der Waals surface area contributed by atoms with Crippen LogP contribution in [0.4, 0.5) is 0 Å². The summed E-state index contributed by atoms with van der Waals surface area (Å²) in [5.41, 5.74) is -0.00619. The summed E-state index contributed by atoms with van der Waals surface area (Å²) in [5.74, 6) is 1.17. The Labute approximate surface area is 122 Å². The molecule has 1 aromatic heterocycles. The molecule has 1 fully saturated rings. The molecule has 1 saturated carbocycles. The fourth-order valence-corrected chi connectivity index (χ4v) is 2.84. The zero-order valence-electron chi connectivity index (χ0n) is 12.1. The summed E-state index contributed by atoms with van der Waals surface area (Å²) in [6, 6.07) is 5.15. The second kappa shape index (κ2) is 5.37. The largest absolute Gasteiger partial charge is 0.504 e. The number of hydrogen-bond acceptors (Lipinski definition) is 6. The van der Waals surface area contributed by atoms with E-state index in [1.54, 1.807) is 25.3 Å². The van der Waals surface area contributed by atoms with Crippen LogP contribution in [0.15, 0.2) is 22.7 Å². The van der Waals surface area contributed by atoms with Gasteiger partial charge in [-0.05, 0) is 37.8 Å². The van der Waals surface area contributed by atoms with Gasteiger partial charge in [-0.15, -0.1) is 0 Å². The van der Waals surface area contributed by atoms with Crippen LogP contribution in [0.2, 0.25) is 0 Å². The van der Waals surface area contributed by atoms with Gasteiger partial charge in [-0.25, -0.2) is 0 Å². The van der Waals surface area contributed by atoms with Crippen molar-refractivity contribution in [1.29, 1.82) is 0 Å². The van der Waals surface area contributed by atoms with E-state index in [0.717, 1.165) is 25.7 Å². The van der Waals surface area contributed by atoms with Crippen molar-refractivity contribution in [2.75, 3.05) is 14.2 Å². The SMILES string of the molecule is COc1cccc(-c2nc(C3(OC)CCCC3)no2)c1O. The van der Waals surface area contributed by atoms with Gasteiger partial charge in [-0.1, -0.05) is 11.2 Å². The van der Waals surface area contributed by atoms with Crippen LogP contribution in [-0.2, 0) is 10.3 Å². The van der Waals surface area contributed by atoms with Crippen LogP contribution in [0.1, 0.15) is 31.5 Å². The first kappa shape index (κ1) is 13.9. The highest BCUT2D eigenvalue weighted by Gasteiger charge is 2.40. The van der Waals surface area contributed by atoms with E-state index in [9.17, 15) is 5.11 Å². The van der Waals surface area contributed by atoms with Gasteiger partial charge in [0, 0.05) is 7.11 Å². The van der Waals surface area contributed by atoms with Crippen molar-refractivity contribution in [3.05, 3.63) is 24.0 Å². The van der Waals surface area contributed by atoms with Gasteiger partial charge in [0.1, 0.15) is 5.60 Å². The molecule has 1 aliphatic carbocycles. The van der Waals surface area contributed by atoms with Crippen LogP contribution < -0.4 is 4.74 Å². The minimum Gasteiger partial charge on any atom is -0.504 e. The maximum atomic E-state index is 10.2. The zero-order chi connectivity index (χ0) is 14.9. The Hall–Kier alpha value is -2.08. The highest BCUT2D eigenvalue weighted by atomic mass is 16.5. The van der Waals surface area contributed by atoms with E-state index >= 15 is 0 Å². The first-order valence-corrected chi connectivity index (χ1v) is 6.96. The Morgan fingerprint density at radius 2 is 2.00 bits per heavy atom. The van der Waals surface area contributed by atoms with E-state index in [2.05, 4.69) is 10.1 Å². The zero-order valence-corrected chi connectivity index (χ0v) is 12.1. The molecule has 0 radical (unpaired) electrons. The average molecular weight is 290 g/mol. The van der Waals surface area contributed by atoms with Crippen LogP contribution in [-0.4, -0.2) is 29.5 Å². The number of para-hydroxylation sites is 1. The number of rotatable bonds is 4. The number of phenolic OH excluding ortho intramolecular Hbond substituents is 1. The fourth-order valence-electron chi connectivity index (χ4n) is 2.84. The van der Waals surface area contributed by atoms with E-state index in [1.165, 1.54) is 7.11 Å². The molecule has 3 rings (SSSR count). The van der Waals surface area contributed by atoms with Crippen LogP contribution in [0.5, 0.6) is 11.5 Å². The second-order valence-electron chi connectivity index (χ2n) is 5.19. The molecule has 1 N–H and O–H groups in total. The minimum atomic E-state index is -0.462. The normalized spacial score (nSPS) is 17.0. The Morgan fingerprint density at radius 1 is 1.24 bits per heavy atom. The molecule has 1 heterocycles. The van der Waals surface area contributed by atoms with Gasteiger partial charge in [0.05, 0.1) is 12.7 Å². The number of aromatic nitrogens is 2. The maximum absolute atomic E-state index is 10.2. The van der Waals surface area contributed by atoms with E-state index in [0.29, 0.717) is 17.1 Å². The summed E-state index contributed by atoms with van der Waals surface area (Å²) < 4.78 is 16.0. The van der Waals surface area contributed by atoms with Crippen molar-refractivity contribution in [2.24, 2.45) is 0 Å². The molecule has 1 aromatic carbocycles. The van der Waals surface area contributed by atoms with E-state index < -0.39 is 5.60 Å². The van der Waals surface area contributed by atoms with Crippen LogP contribution in [0.25, 0.3) is 11.5 Å². The quantitative estimate of drug-likeness (QED) is 0.933. The first-order chi connectivity index (χ1) is 10.2. The van der Waals surface area contributed by atoms with Gasteiger partial charge in [0.2, 0.25) is 5.82 Å². The van der Waals surface area contributed by atoms with Gasteiger partial charge in [-0.2, -0.15) is 4.98 Å². The maximum Gasteiger partial charge on any atom is 0.261 e. The molecule has 0 unspecified atom stereocenters. The standard InChI is InChI=1S/C15H18N2O4/c1-19-11-7-5-6-10(12(11)18)13-16-14(17-21-13)15(20-2)8-3-4-9-15/h5-7,18H,3-4,8-9H2,1-2H3. The summed E-state index contributed by atoms with van der Waals surface area (Å²) in [5, 5.41) is 14.2. The lowest BCUT2D eigenvalue weighted by Gasteiger charge is -2.22. The first-order valence-electron chi connectivity index (χ1n) is 6.96. The van der Waals surface area contributed by atoms with Crippen molar-refractivity contribution in [1.82, 2.24) is 10.1 Å². The molecule has 6 heteroatoms. The summed E-state index contributed by atoms with van der Waals surface area (Å²) in [7, 11) is 3.17. The van der Waals surface area contributed by atoms with Gasteiger partial charge >= 0.3 is 0 Å². The molecule has 0 bridgehead atoms. The fraction of sp³-hybridized carbons (Fsp3) is 0.467.